The van der Waals surface area contributed by atoms with Crippen LogP contribution in [0.4, 0.5) is 33.7 Å². The van der Waals surface area contributed by atoms with E-state index >= 15 is 0 Å². The molecule has 2 fully saturated rings. The number of aliphatic hydroxyl groups is 2. The lowest BCUT2D eigenvalue weighted by Gasteiger charge is -2.35. The maximum atomic E-state index is 13.0. The van der Waals surface area contributed by atoms with Gasteiger partial charge in [0.15, 0.2) is 44.2 Å². The number of halogens is 1. The van der Waals surface area contributed by atoms with Crippen LogP contribution in [0.15, 0.2) is 89.9 Å². The van der Waals surface area contributed by atoms with E-state index in [-0.39, 0.29) is 47.9 Å². The summed E-state index contributed by atoms with van der Waals surface area (Å²) in [7, 11) is 0. The topological polar surface area (TPSA) is 226 Å². The van der Waals surface area contributed by atoms with Crippen molar-refractivity contribution < 1.29 is 38.7 Å². The van der Waals surface area contributed by atoms with Gasteiger partial charge in [0.05, 0.1) is 18.5 Å². The Morgan fingerprint density at radius 2 is 1.22 bits per heavy atom. The molecule has 0 bridgehead atoms. The first-order chi connectivity index (χ1) is 35.0. The second kappa shape index (κ2) is 30.3. The second-order valence-electron chi connectivity index (χ2n) is 16.5. The highest BCUT2D eigenvalue weighted by molar-refractivity contribution is 9.09. The molecule has 18 nitrogen and oxygen atoms in total. The smallest absolute Gasteiger partial charge is 0.206 e. The number of thioether (sulfide) groups is 1. The SMILES string of the molecule is C.CCSC(N)=NC(=S)Nc1ccc(N2CCN(CCO)CC2)cc1.Nc1nc(Nc2ccc(N3CCN(CCO)CC3)cc2)sc1C(=O)c1ccc2c(c1)OCCO2.O=C(CBr)c1ccc2c(c1)OCCO2.P. The predicted molar refractivity (Wildman–Crippen MR) is 314 cm³/mol. The highest BCUT2D eigenvalue weighted by Gasteiger charge is 2.23. The fraction of sp³-hybridized carbons (Fsp3) is 0.392. The average molecular weight is 1160 g/mol. The highest BCUT2D eigenvalue weighted by Crippen LogP contribution is 2.35. The van der Waals surface area contributed by atoms with Gasteiger partial charge in [-0.15, -0.1) is 0 Å². The number of aliphatic imine (C=N–C) groups is 1. The number of aromatic nitrogens is 1. The van der Waals surface area contributed by atoms with Crippen LogP contribution in [0.1, 0.15) is 39.9 Å². The maximum Gasteiger partial charge on any atom is 0.206 e. The molecule has 1 unspecified atom stereocenters. The summed E-state index contributed by atoms with van der Waals surface area (Å²) in [4.78, 5) is 42.5. The molecule has 400 valence electrons. The molecule has 5 aromatic rings. The number of carbonyl (C=O) groups excluding carboxylic acids is 2. The number of alkyl halides is 1. The predicted octanol–water partition coefficient (Wildman–Crippen LogP) is 6.88. The van der Waals surface area contributed by atoms with Crippen molar-refractivity contribution in [2.75, 3.05) is 142 Å². The molecule has 23 heteroatoms. The minimum atomic E-state index is -0.198. The zero-order chi connectivity index (χ0) is 50.8. The number of benzene rings is 4. The van der Waals surface area contributed by atoms with Crippen molar-refractivity contribution in [1.29, 1.82) is 0 Å². The van der Waals surface area contributed by atoms with E-state index < -0.39 is 0 Å². The van der Waals surface area contributed by atoms with Crippen LogP contribution in [0.2, 0.25) is 0 Å². The number of nitrogens with zero attached hydrogens (tertiary/aromatic N) is 6. The number of ketones is 2. The molecule has 0 radical (unpaired) electrons. The monoisotopic (exact) mass is 1150 g/mol. The van der Waals surface area contributed by atoms with Gasteiger partial charge in [-0.3, -0.25) is 19.4 Å². The Morgan fingerprint density at radius 3 is 1.70 bits per heavy atom. The minimum absolute atomic E-state index is 0. The number of hydrogen-bond donors (Lipinski definition) is 6. The number of nitrogens with two attached hydrogens (primary N) is 2. The fourth-order valence-electron chi connectivity index (χ4n) is 7.97. The fourth-order valence-corrected chi connectivity index (χ4v) is 9.88. The van der Waals surface area contributed by atoms with Crippen molar-refractivity contribution in [3.8, 4) is 23.0 Å². The van der Waals surface area contributed by atoms with Gasteiger partial charge in [0.1, 0.15) is 37.1 Å². The summed E-state index contributed by atoms with van der Waals surface area (Å²) in [5, 5.41) is 26.2. The molecule has 8 N–H and O–H groups in total. The molecular weight excluding hydrogens is 1090 g/mol. The van der Waals surface area contributed by atoms with Gasteiger partial charge < -0.3 is 61.1 Å². The maximum absolute atomic E-state index is 13.0. The number of Topliss-reactive ketones (excluding diaryl/α,β-unsaturated/α-hetero) is 1. The first kappa shape index (κ1) is 59.6. The summed E-state index contributed by atoms with van der Waals surface area (Å²) >= 11 is 11.0. The number of β-amino-alcohol motifs (C(OH)–C–C–N with tert-alkyl or cyclic N) is 2. The number of amidine groups is 1. The molecule has 2 saturated heterocycles. The van der Waals surface area contributed by atoms with E-state index in [0.717, 1.165) is 88.3 Å². The molecule has 4 aromatic carbocycles. The van der Waals surface area contributed by atoms with Gasteiger partial charge in [-0.05, 0) is 103 Å². The van der Waals surface area contributed by atoms with E-state index in [1.165, 1.54) is 28.8 Å². The van der Waals surface area contributed by atoms with Gasteiger partial charge in [0.2, 0.25) is 5.78 Å². The van der Waals surface area contributed by atoms with Crippen LogP contribution >= 0.6 is 61.1 Å². The van der Waals surface area contributed by atoms with Crippen molar-refractivity contribution in [3.05, 3.63) is 101 Å². The Hall–Kier alpha value is -5.29. The van der Waals surface area contributed by atoms with E-state index in [1.54, 1.807) is 36.4 Å². The number of nitrogens with one attached hydrogen (secondary N) is 2. The van der Waals surface area contributed by atoms with Crippen molar-refractivity contribution in [2.45, 2.75) is 14.4 Å². The molecule has 0 amide bonds. The molecule has 0 spiro atoms. The number of hydrogen-bond acceptors (Lipinski definition) is 18. The lowest BCUT2D eigenvalue weighted by molar-refractivity contribution is 0.101. The highest BCUT2D eigenvalue weighted by atomic mass is 79.9. The molecule has 4 aliphatic heterocycles. The second-order valence-corrected chi connectivity index (χ2v) is 19.7. The number of anilines is 6. The minimum Gasteiger partial charge on any atom is -0.486 e. The van der Waals surface area contributed by atoms with Gasteiger partial charge in [-0.1, -0.05) is 53.4 Å². The van der Waals surface area contributed by atoms with E-state index in [4.69, 9.17) is 52.8 Å². The van der Waals surface area contributed by atoms with Crippen molar-refractivity contribution in [2.24, 2.45) is 10.7 Å². The zero-order valence-electron chi connectivity index (χ0n) is 40.8. The molecule has 1 atom stereocenters. The molecule has 0 saturated carbocycles. The summed E-state index contributed by atoms with van der Waals surface area (Å²) in [5.74, 6) is 3.48. The lowest BCUT2D eigenvalue weighted by Crippen LogP contribution is -2.47. The van der Waals surface area contributed by atoms with Crippen LogP contribution in [0.5, 0.6) is 23.0 Å². The number of thiazole rings is 1. The largest absolute Gasteiger partial charge is 0.486 e. The summed E-state index contributed by atoms with van der Waals surface area (Å²) < 4.78 is 21.8. The Bertz CT molecular complexity index is 2620. The number of aliphatic hydroxyl groups excluding tert-OH is 2. The van der Waals surface area contributed by atoms with Crippen LogP contribution in [0.3, 0.4) is 0 Å². The third-order valence-corrected chi connectivity index (χ3v) is 14.1. The van der Waals surface area contributed by atoms with Gasteiger partial charge in [-0.2, -0.15) is 14.9 Å². The quantitative estimate of drug-likeness (QED) is 0.0166. The van der Waals surface area contributed by atoms with Crippen LogP contribution in [0, 0.1) is 0 Å². The van der Waals surface area contributed by atoms with E-state index in [9.17, 15) is 9.59 Å². The summed E-state index contributed by atoms with van der Waals surface area (Å²) in [6, 6.07) is 26.7. The lowest BCUT2D eigenvalue weighted by atomic mass is 10.1. The number of thiocarbonyl (C=S) groups is 1. The third kappa shape index (κ3) is 17.1. The standard InChI is InChI=1S/C24H27N5O4S.C16H25N5OS2.C10H9BrO3.CH4.H3P/c25-23-22(21(31)16-1-6-19-20(15-16)33-14-13-32-19)34-24(27-23)26-17-2-4-18(5-3-17)29-9-7-28(8-10-29)11-12-30;1-2-24-15(17)19-16(23)18-13-3-5-14(6-4-13)21-9-7-20(8-10-21)11-12-22;11-6-8(12)7-1-2-9-10(5-7)14-4-3-13-9;;/h1-6,15,30H,7-14,25H2,(H,26,27);3-6,22H,2,7-12H2,1H3,(H3,17,18,19,23);1-2,5H,3-4,6H2;1H4;1H3. The first-order valence-electron chi connectivity index (χ1n) is 23.6. The summed E-state index contributed by atoms with van der Waals surface area (Å²) in [6.45, 7) is 13.7. The molecular formula is C51H68BrN10O8PS3. The Labute approximate surface area is 458 Å². The molecule has 74 heavy (non-hydrogen) atoms. The molecule has 9 rings (SSSR count). The normalized spacial score (nSPS) is 15.2. The van der Waals surface area contributed by atoms with Crippen LogP contribution < -0.4 is 50.8 Å². The van der Waals surface area contributed by atoms with Crippen molar-refractivity contribution in [1.82, 2.24) is 14.8 Å². The Morgan fingerprint density at radius 1 is 0.743 bits per heavy atom. The van der Waals surface area contributed by atoms with E-state index in [0.29, 0.717) is 86.2 Å². The van der Waals surface area contributed by atoms with Crippen molar-refractivity contribution in [3.63, 3.8) is 0 Å². The van der Waals surface area contributed by atoms with Gasteiger partial charge >= 0.3 is 0 Å². The number of ether oxygens (including phenoxy) is 4. The van der Waals surface area contributed by atoms with E-state index in [1.807, 2.05) is 31.2 Å². The van der Waals surface area contributed by atoms with Gasteiger partial charge in [-0.25, -0.2) is 4.98 Å². The number of rotatable bonds is 14. The Balaban J connectivity index is 0.000000221. The number of nitrogen functional groups attached to an aromatic ring is 1. The van der Waals surface area contributed by atoms with Crippen LogP contribution in [0.25, 0.3) is 0 Å². The molecule has 1 aromatic heterocycles. The Kier molecular flexibility index (Phi) is 24.4. The number of piperazine rings is 2. The molecule has 5 heterocycles. The summed E-state index contributed by atoms with van der Waals surface area (Å²) in [5.41, 5.74) is 17.1. The van der Waals surface area contributed by atoms with Gasteiger partial charge in [0, 0.05) is 99.3 Å². The molecule has 0 aliphatic carbocycles. The molecule has 4 aliphatic rings. The average Bonchev–Trinajstić information content (AvgIpc) is 3.78. The number of carbonyl (C=O) groups is 2. The third-order valence-electron chi connectivity index (χ3n) is 11.7. The zero-order valence-corrected chi connectivity index (χ0v) is 46.3. The first-order valence-corrected chi connectivity index (χ1v) is 27.0. The van der Waals surface area contributed by atoms with Crippen LogP contribution in [-0.4, -0.2) is 163 Å². The van der Waals surface area contributed by atoms with E-state index in [2.05, 4.69) is 80.4 Å². The van der Waals surface area contributed by atoms with Gasteiger partial charge in [0.25, 0.3) is 0 Å². The number of fused-ring (bicyclic) bond motifs is 2. The van der Waals surface area contributed by atoms with Crippen LogP contribution in [-0.2, 0) is 0 Å². The summed E-state index contributed by atoms with van der Waals surface area (Å²) in [6.07, 6.45) is 0. The van der Waals surface area contributed by atoms with Crippen molar-refractivity contribution >= 4 is 117 Å².